The Morgan fingerprint density at radius 2 is 2.04 bits per heavy atom. The summed E-state index contributed by atoms with van der Waals surface area (Å²) in [4.78, 5) is 12.3. The molecule has 1 unspecified atom stereocenters. The highest BCUT2D eigenvalue weighted by molar-refractivity contribution is 9.10. The van der Waals surface area contributed by atoms with Gasteiger partial charge in [-0.15, -0.1) is 10.2 Å². The van der Waals surface area contributed by atoms with Crippen LogP contribution in [0.5, 0.6) is 0 Å². The molecule has 126 valence electrons. The van der Waals surface area contributed by atoms with Gasteiger partial charge < -0.3 is 5.32 Å². The van der Waals surface area contributed by atoms with Gasteiger partial charge in [0, 0.05) is 22.4 Å². The van der Waals surface area contributed by atoms with Crippen LogP contribution in [0.2, 0.25) is 5.15 Å². The van der Waals surface area contributed by atoms with E-state index in [9.17, 15) is 4.79 Å². The number of hydrogen-bond acceptors (Lipinski definition) is 4. The molecule has 1 aromatic carbocycles. The van der Waals surface area contributed by atoms with Gasteiger partial charge in [0.1, 0.15) is 5.82 Å². The van der Waals surface area contributed by atoms with Crippen molar-refractivity contribution in [3.8, 4) is 5.82 Å². The minimum atomic E-state index is -0.0756. The lowest BCUT2D eigenvalue weighted by atomic mass is 9.86. The van der Waals surface area contributed by atoms with Gasteiger partial charge in [0.25, 0.3) is 0 Å². The third-order valence-corrected chi connectivity index (χ3v) is 5.14. The maximum Gasteiger partial charge on any atom is 0.226 e. The smallest absolute Gasteiger partial charge is 0.226 e. The van der Waals surface area contributed by atoms with Gasteiger partial charge in [-0.2, -0.15) is 9.78 Å². The molecule has 0 bridgehead atoms. The Kier molecular flexibility index (Phi) is 4.05. The Labute approximate surface area is 157 Å². The Hall–Kier alpha value is -2.25. The van der Waals surface area contributed by atoms with E-state index in [-0.39, 0.29) is 11.8 Å². The summed E-state index contributed by atoms with van der Waals surface area (Å²) in [6.07, 6.45) is 0.369. The van der Waals surface area contributed by atoms with Crippen LogP contribution in [0.3, 0.4) is 0 Å². The third-order valence-electron chi connectivity index (χ3n) is 4.22. The van der Waals surface area contributed by atoms with Gasteiger partial charge in [0.15, 0.2) is 11.0 Å². The molecule has 0 saturated carbocycles. The maximum absolute atomic E-state index is 12.3. The summed E-state index contributed by atoms with van der Waals surface area (Å²) < 4.78 is 2.58. The monoisotopic (exact) mass is 417 g/mol. The van der Waals surface area contributed by atoms with Gasteiger partial charge in [-0.1, -0.05) is 45.7 Å². The number of aryl methyl sites for hydroxylation is 1. The molecular formula is C17H13BrClN5O. The number of nitrogens with zero attached hydrogens (tertiary/aromatic N) is 4. The van der Waals surface area contributed by atoms with E-state index in [0.717, 1.165) is 21.3 Å². The molecule has 1 amide bonds. The minimum Gasteiger partial charge on any atom is -0.310 e. The lowest BCUT2D eigenvalue weighted by molar-refractivity contribution is -0.116. The summed E-state index contributed by atoms with van der Waals surface area (Å²) in [6, 6.07) is 11.3. The fourth-order valence-electron chi connectivity index (χ4n) is 3.16. The molecule has 1 atom stereocenters. The number of carbonyl (C=O) groups excluding carboxylic acids is 1. The molecule has 4 rings (SSSR count). The highest BCUT2D eigenvalue weighted by atomic mass is 79.9. The van der Waals surface area contributed by atoms with Crippen LogP contribution in [0, 0.1) is 6.92 Å². The highest BCUT2D eigenvalue weighted by Gasteiger charge is 2.33. The summed E-state index contributed by atoms with van der Waals surface area (Å²) in [7, 11) is 0. The van der Waals surface area contributed by atoms with Crippen molar-refractivity contribution in [3.05, 3.63) is 62.8 Å². The molecule has 0 aliphatic carbocycles. The standard InChI is InChI=1S/C17H13BrClN5O/c1-9-16-11(10-4-2-3-5-12(10)18)8-15(25)20-17(16)24(23-9)14-7-6-13(19)21-22-14/h2-7,11H,8H2,1H3,(H,20,25). The summed E-state index contributed by atoms with van der Waals surface area (Å²) in [6.45, 7) is 1.93. The zero-order chi connectivity index (χ0) is 17.6. The van der Waals surface area contributed by atoms with E-state index in [0.29, 0.717) is 23.2 Å². The van der Waals surface area contributed by atoms with Gasteiger partial charge in [0.05, 0.1) is 5.69 Å². The molecule has 25 heavy (non-hydrogen) atoms. The first kappa shape index (κ1) is 16.2. The van der Waals surface area contributed by atoms with Crippen LogP contribution < -0.4 is 5.32 Å². The molecule has 1 aliphatic rings. The number of carbonyl (C=O) groups is 1. The lowest BCUT2D eigenvalue weighted by Gasteiger charge is -2.25. The first-order valence-electron chi connectivity index (χ1n) is 7.68. The molecule has 3 heterocycles. The number of benzene rings is 1. The van der Waals surface area contributed by atoms with Crippen LogP contribution in [-0.2, 0) is 4.79 Å². The van der Waals surface area contributed by atoms with E-state index in [1.807, 2.05) is 31.2 Å². The van der Waals surface area contributed by atoms with E-state index in [1.54, 1.807) is 16.8 Å². The number of fused-ring (bicyclic) bond motifs is 1. The Morgan fingerprint density at radius 1 is 1.24 bits per heavy atom. The number of rotatable bonds is 2. The number of amides is 1. The molecule has 0 saturated heterocycles. The first-order chi connectivity index (χ1) is 12.0. The summed E-state index contributed by atoms with van der Waals surface area (Å²) >= 11 is 9.41. The quantitative estimate of drug-likeness (QED) is 0.686. The molecule has 0 fully saturated rings. The van der Waals surface area contributed by atoms with Gasteiger partial charge >= 0.3 is 0 Å². The largest absolute Gasteiger partial charge is 0.310 e. The van der Waals surface area contributed by atoms with E-state index in [1.165, 1.54) is 0 Å². The number of aromatic nitrogens is 4. The van der Waals surface area contributed by atoms with E-state index >= 15 is 0 Å². The Morgan fingerprint density at radius 3 is 2.76 bits per heavy atom. The van der Waals surface area contributed by atoms with Gasteiger partial charge in [0.2, 0.25) is 5.91 Å². The van der Waals surface area contributed by atoms with Crippen molar-refractivity contribution in [2.45, 2.75) is 19.3 Å². The second kappa shape index (κ2) is 6.24. The normalized spacial score (nSPS) is 16.4. The van der Waals surface area contributed by atoms with Crippen LogP contribution >= 0.6 is 27.5 Å². The Bertz CT molecular complexity index is 970. The predicted octanol–water partition coefficient (Wildman–Crippen LogP) is 3.86. The predicted molar refractivity (Wildman–Crippen MR) is 98.1 cm³/mol. The zero-order valence-electron chi connectivity index (χ0n) is 13.2. The number of hydrogen-bond donors (Lipinski definition) is 1. The fourth-order valence-corrected chi connectivity index (χ4v) is 3.82. The van der Waals surface area contributed by atoms with Crippen LogP contribution in [0.15, 0.2) is 40.9 Å². The Balaban J connectivity index is 1.89. The molecule has 1 N–H and O–H groups in total. The zero-order valence-corrected chi connectivity index (χ0v) is 15.5. The number of nitrogens with one attached hydrogen (secondary N) is 1. The highest BCUT2D eigenvalue weighted by Crippen LogP contribution is 2.42. The van der Waals surface area contributed by atoms with Gasteiger partial charge in [-0.05, 0) is 30.7 Å². The molecule has 0 radical (unpaired) electrons. The topological polar surface area (TPSA) is 72.7 Å². The number of halogens is 2. The fraction of sp³-hybridized carbons (Fsp3) is 0.176. The lowest BCUT2D eigenvalue weighted by Crippen LogP contribution is -2.25. The van der Waals surface area contributed by atoms with Crippen LogP contribution in [0.4, 0.5) is 5.82 Å². The van der Waals surface area contributed by atoms with Crippen molar-refractivity contribution >= 4 is 39.3 Å². The summed E-state index contributed by atoms with van der Waals surface area (Å²) in [5.74, 6) is 0.998. The van der Waals surface area contributed by atoms with Gasteiger partial charge in [-0.3, -0.25) is 4.79 Å². The molecule has 3 aromatic rings. The third kappa shape index (κ3) is 2.83. The molecule has 8 heteroatoms. The first-order valence-corrected chi connectivity index (χ1v) is 8.85. The number of anilines is 1. The maximum atomic E-state index is 12.3. The molecule has 1 aliphatic heterocycles. The van der Waals surface area contributed by atoms with E-state index in [2.05, 4.69) is 36.5 Å². The van der Waals surface area contributed by atoms with E-state index < -0.39 is 0 Å². The van der Waals surface area contributed by atoms with Crippen molar-refractivity contribution in [2.75, 3.05) is 5.32 Å². The molecule has 2 aromatic heterocycles. The van der Waals surface area contributed by atoms with E-state index in [4.69, 9.17) is 11.6 Å². The van der Waals surface area contributed by atoms with Crippen molar-refractivity contribution in [2.24, 2.45) is 0 Å². The minimum absolute atomic E-state index is 0.0590. The second-order valence-corrected chi connectivity index (χ2v) is 7.04. The molecular weight excluding hydrogens is 406 g/mol. The average molecular weight is 419 g/mol. The summed E-state index contributed by atoms with van der Waals surface area (Å²) in [5, 5.41) is 15.7. The average Bonchev–Trinajstić information content (AvgIpc) is 2.92. The van der Waals surface area contributed by atoms with Crippen molar-refractivity contribution in [1.82, 2.24) is 20.0 Å². The van der Waals surface area contributed by atoms with Gasteiger partial charge in [-0.25, -0.2) is 0 Å². The van der Waals surface area contributed by atoms with Crippen LogP contribution in [-0.4, -0.2) is 25.9 Å². The second-order valence-electron chi connectivity index (χ2n) is 5.80. The molecule has 0 spiro atoms. The SMILES string of the molecule is Cc1nn(-c2ccc(Cl)nn2)c2c1C(c1ccccc1Br)CC(=O)N2. The van der Waals surface area contributed by atoms with Crippen molar-refractivity contribution in [1.29, 1.82) is 0 Å². The van der Waals surface area contributed by atoms with Crippen LogP contribution in [0.1, 0.15) is 29.2 Å². The van der Waals surface area contributed by atoms with Crippen molar-refractivity contribution < 1.29 is 4.79 Å². The molecule has 6 nitrogen and oxygen atoms in total. The summed E-state index contributed by atoms with van der Waals surface area (Å²) in [5.41, 5.74) is 2.89. The van der Waals surface area contributed by atoms with Crippen LogP contribution in [0.25, 0.3) is 5.82 Å². The van der Waals surface area contributed by atoms with Crippen molar-refractivity contribution in [3.63, 3.8) is 0 Å².